The molecule has 0 aromatic carbocycles. The van der Waals surface area contributed by atoms with E-state index in [9.17, 15) is 8.42 Å². The van der Waals surface area contributed by atoms with Gasteiger partial charge < -0.3 is 14.1 Å². The molecule has 0 spiro atoms. The number of hydrogen-bond acceptors (Lipinski definition) is 6. The lowest BCUT2D eigenvalue weighted by Crippen LogP contribution is -2.41. The molecular formula is C15H19N3O4S. The van der Waals surface area contributed by atoms with Crippen LogP contribution in [0.4, 0.5) is 5.82 Å². The summed E-state index contributed by atoms with van der Waals surface area (Å²) in [5.41, 5.74) is 0.783. The Labute approximate surface area is 135 Å². The van der Waals surface area contributed by atoms with Crippen LogP contribution in [-0.2, 0) is 21.3 Å². The maximum Gasteiger partial charge on any atom is 0.274 e. The fourth-order valence-electron chi connectivity index (χ4n) is 2.40. The van der Waals surface area contributed by atoms with E-state index in [4.69, 9.17) is 9.15 Å². The van der Waals surface area contributed by atoms with Gasteiger partial charge in [0.05, 0.1) is 19.0 Å². The quantitative estimate of drug-likeness (QED) is 0.887. The van der Waals surface area contributed by atoms with Crippen molar-refractivity contribution in [3.05, 3.63) is 42.3 Å². The van der Waals surface area contributed by atoms with Gasteiger partial charge in [0, 0.05) is 25.8 Å². The molecule has 3 heterocycles. The first-order chi connectivity index (χ1) is 11.0. The van der Waals surface area contributed by atoms with Crippen LogP contribution in [-0.4, -0.2) is 39.2 Å². The van der Waals surface area contributed by atoms with Crippen molar-refractivity contribution in [2.24, 2.45) is 0 Å². The molecule has 1 aliphatic heterocycles. The molecule has 1 fully saturated rings. The number of aromatic nitrogens is 1. The zero-order chi connectivity index (χ0) is 16.3. The van der Waals surface area contributed by atoms with E-state index in [1.807, 2.05) is 19.1 Å². The van der Waals surface area contributed by atoms with Crippen molar-refractivity contribution >= 4 is 15.8 Å². The molecule has 0 aliphatic carbocycles. The van der Waals surface area contributed by atoms with E-state index < -0.39 is 10.0 Å². The smallest absolute Gasteiger partial charge is 0.274 e. The molecular weight excluding hydrogens is 318 g/mol. The van der Waals surface area contributed by atoms with Gasteiger partial charge in [-0.25, -0.2) is 18.1 Å². The van der Waals surface area contributed by atoms with Gasteiger partial charge in [-0.05, 0) is 30.7 Å². The number of ether oxygens (including phenoxy) is 1. The third-order valence-corrected chi connectivity index (χ3v) is 4.89. The summed E-state index contributed by atoms with van der Waals surface area (Å²) in [7, 11) is -3.62. The van der Waals surface area contributed by atoms with Gasteiger partial charge in [-0.15, -0.1) is 0 Å². The first-order valence-corrected chi connectivity index (χ1v) is 8.87. The van der Waals surface area contributed by atoms with Crippen LogP contribution >= 0.6 is 0 Å². The molecule has 1 saturated heterocycles. The third kappa shape index (κ3) is 3.90. The molecule has 1 atom stereocenters. The van der Waals surface area contributed by atoms with Gasteiger partial charge in [-0.3, -0.25) is 0 Å². The highest BCUT2D eigenvalue weighted by Crippen LogP contribution is 2.16. The Morgan fingerprint density at radius 1 is 1.39 bits per heavy atom. The summed E-state index contributed by atoms with van der Waals surface area (Å²) < 4.78 is 36.8. The number of sulfonamides is 1. The molecule has 8 heteroatoms. The summed E-state index contributed by atoms with van der Waals surface area (Å²) in [6.07, 6.45) is 3.19. The first kappa shape index (κ1) is 16.0. The lowest BCUT2D eigenvalue weighted by atomic mass is 10.2. The van der Waals surface area contributed by atoms with Crippen LogP contribution in [0, 0.1) is 0 Å². The number of morpholine rings is 1. The fourth-order valence-corrected chi connectivity index (χ4v) is 3.34. The molecule has 1 aliphatic rings. The fraction of sp³-hybridized carbons (Fsp3) is 0.400. The zero-order valence-corrected chi connectivity index (χ0v) is 13.6. The zero-order valence-electron chi connectivity index (χ0n) is 12.8. The summed E-state index contributed by atoms with van der Waals surface area (Å²) in [6.45, 7) is 4.49. The minimum Gasteiger partial charge on any atom is -0.452 e. The van der Waals surface area contributed by atoms with E-state index in [-0.39, 0.29) is 17.7 Å². The van der Waals surface area contributed by atoms with Crippen molar-refractivity contribution in [3.63, 3.8) is 0 Å². The molecule has 0 radical (unpaired) electrons. The van der Waals surface area contributed by atoms with Gasteiger partial charge in [0.15, 0.2) is 0 Å². The van der Waals surface area contributed by atoms with E-state index in [1.54, 1.807) is 6.20 Å². The van der Waals surface area contributed by atoms with E-state index in [2.05, 4.69) is 14.6 Å². The second kappa shape index (κ2) is 6.69. The van der Waals surface area contributed by atoms with E-state index in [0.717, 1.165) is 24.5 Å². The number of anilines is 1. The van der Waals surface area contributed by atoms with Gasteiger partial charge in [0.1, 0.15) is 5.82 Å². The Kier molecular flexibility index (Phi) is 4.65. The summed E-state index contributed by atoms with van der Waals surface area (Å²) >= 11 is 0. The molecule has 3 rings (SSSR count). The topological polar surface area (TPSA) is 84.7 Å². The predicted molar refractivity (Wildman–Crippen MR) is 84.6 cm³/mol. The molecule has 0 saturated carbocycles. The van der Waals surface area contributed by atoms with Crippen molar-refractivity contribution in [2.75, 3.05) is 24.6 Å². The summed E-state index contributed by atoms with van der Waals surface area (Å²) in [5, 5.41) is -0.0932. The largest absolute Gasteiger partial charge is 0.452 e. The maximum atomic E-state index is 12.0. The van der Waals surface area contributed by atoms with Crippen LogP contribution in [0.5, 0.6) is 0 Å². The first-order valence-electron chi connectivity index (χ1n) is 7.39. The van der Waals surface area contributed by atoms with Crippen molar-refractivity contribution in [3.8, 4) is 0 Å². The van der Waals surface area contributed by atoms with E-state index >= 15 is 0 Å². The monoisotopic (exact) mass is 337 g/mol. The van der Waals surface area contributed by atoms with Crippen LogP contribution in [0.15, 0.2) is 46.2 Å². The number of rotatable bonds is 5. The third-order valence-electron chi connectivity index (χ3n) is 3.60. The summed E-state index contributed by atoms with van der Waals surface area (Å²) in [4.78, 5) is 6.57. The number of hydrogen-bond donors (Lipinski definition) is 1. The highest BCUT2D eigenvalue weighted by molar-refractivity contribution is 7.89. The molecule has 1 unspecified atom stereocenters. The number of pyridine rings is 1. The standard InChI is InChI=1S/C15H19N3O4S/c1-12-11-18(6-8-21-12)14-5-4-13(9-16-14)10-17-23(19,20)15-3-2-7-22-15/h2-5,7,9,12,17H,6,8,10-11H2,1H3. The van der Waals surface area contributed by atoms with E-state index in [0.29, 0.717) is 6.61 Å². The van der Waals surface area contributed by atoms with Crippen LogP contribution in [0.2, 0.25) is 0 Å². The SMILES string of the molecule is CC1CN(c2ccc(CNS(=O)(=O)c3ccco3)cn2)CCO1. The second-order valence-electron chi connectivity index (χ2n) is 5.41. The Balaban J connectivity index is 1.62. The average Bonchev–Trinajstić information content (AvgIpc) is 3.09. The molecule has 2 aromatic heterocycles. The number of furan rings is 1. The van der Waals surface area contributed by atoms with Gasteiger partial charge >= 0.3 is 0 Å². The maximum absolute atomic E-state index is 12.0. The average molecular weight is 337 g/mol. The Morgan fingerprint density at radius 2 is 2.26 bits per heavy atom. The van der Waals surface area contributed by atoms with Crippen LogP contribution in [0.3, 0.4) is 0 Å². The molecule has 23 heavy (non-hydrogen) atoms. The number of nitrogens with zero attached hydrogens (tertiary/aromatic N) is 2. The normalized spacial score (nSPS) is 19.0. The van der Waals surface area contributed by atoms with Crippen molar-refractivity contribution < 1.29 is 17.6 Å². The number of nitrogens with one attached hydrogen (secondary N) is 1. The van der Waals surface area contributed by atoms with Crippen LogP contribution in [0.25, 0.3) is 0 Å². The van der Waals surface area contributed by atoms with Crippen LogP contribution < -0.4 is 9.62 Å². The highest BCUT2D eigenvalue weighted by Gasteiger charge is 2.19. The van der Waals surface area contributed by atoms with Gasteiger partial charge in [-0.1, -0.05) is 6.07 Å². The lowest BCUT2D eigenvalue weighted by molar-refractivity contribution is 0.0529. The summed E-state index contributed by atoms with van der Waals surface area (Å²) in [5.74, 6) is 0.873. The van der Waals surface area contributed by atoms with Crippen molar-refractivity contribution in [1.29, 1.82) is 0 Å². The molecule has 7 nitrogen and oxygen atoms in total. The van der Waals surface area contributed by atoms with Crippen molar-refractivity contribution in [2.45, 2.75) is 24.7 Å². The summed E-state index contributed by atoms with van der Waals surface area (Å²) in [6, 6.07) is 6.71. The second-order valence-corrected chi connectivity index (χ2v) is 7.11. The van der Waals surface area contributed by atoms with E-state index in [1.165, 1.54) is 18.4 Å². The van der Waals surface area contributed by atoms with Crippen molar-refractivity contribution in [1.82, 2.24) is 9.71 Å². The Bertz CT molecular complexity index is 729. The van der Waals surface area contributed by atoms with Gasteiger partial charge in [0.25, 0.3) is 10.0 Å². The molecule has 1 N–H and O–H groups in total. The Morgan fingerprint density at radius 3 is 2.91 bits per heavy atom. The minimum absolute atomic E-state index is 0.0932. The molecule has 124 valence electrons. The predicted octanol–water partition coefficient (Wildman–Crippen LogP) is 1.38. The molecule has 0 amide bonds. The minimum atomic E-state index is -3.62. The lowest BCUT2D eigenvalue weighted by Gasteiger charge is -2.32. The Hall–Kier alpha value is -1.90. The van der Waals surface area contributed by atoms with Gasteiger partial charge in [-0.2, -0.15) is 0 Å². The molecule has 2 aromatic rings. The van der Waals surface area contributed by atoms with Crippen LogP contribution in [0.1, 0.15) is 12.5 Å². The highest BCUT2D eigenvalue weighted by atomic mass is 32.2. The van der Waals surface area contributed by atoms with Gasteiger partial charge in [0.2, 0.25) is 5.09 Å². The molecule has 0 bridgehead atoms.